The molecule has 1 saturated carbocycles. The third-order valence-electron chi connectivity index (χ3n) is 2.89. The van der Waals surface area contributed by atoms with E-state index in [4.69, 9.17) is 4.74 Å². The van der Waals surface area contributed by atoms with Gasteiger partial charge in [-0.1, -0.05) is 6.58 Å². The Balaban J connectivity index is 2.06. The zero-order valence-corrected chi connectivity index (χ0v) is 7.26. The van der Waals surface area contributed by atoms with E-state index in [0.717, 1.165) is 25.0 Å². The molecule has 0 amide bonds. The third kappa shape index (κ3) is 1.40. The Morgan fingerprint density at radius 3 is 3.17 bits per heavy atom. The van der Waals surface area contributed by atoms with Gasteiger partial charge in [-0.3, -0.25) is 0 Å². The lowest BCUT2D eigenvalue weighted by molar-refractivity contribution is -0.0299. The van der Waals surface area contributed by atoms with Crippen molar-refractivity contribution < 1.29 is 9.13 Å². The van der Waals surface area contributed by atoms with E-state index in [2.05, 4.69) is 6.58 Å². The summed E-state index contributed by atoms with van der Waals surface area (Å²) in [5.74, 6) is 0.412. The van der Waals surface area contributed by atoms with Crippen LogP contribution in [0.3, 0.4) is 0 Å². The van der Waals surface area contributed by atoms with Gasteiger partial charge in [-0.2, -0.15) is 0 Å². The highest BCUT2D eigenvalue weighted by Gasteiger charge is 2.35. The molecule has 1 nitrogen and oxygen atoms in total. The van der Waals surface area contributed by atoms with Crippen molar-refractivity contribution in [2.24, 2.45) is 5.92 Å². The van der Waals surface area contributed by atoms with Gasteiger partial charge in [0.1, 0.15) is 6.17 Å². The third-order valence-corrected chi connectivity index (χ3v) is 2.89. The highest BCUT2D eigenvalue weighted by molar-refractivity contribution is 5.11. The molecule has 0 aromatic heterocycles. The smallest absolute Gasteiger partial charge is 0.104 e. The molecule has 1 heterocycles. The summed E-state index contributed by atoms with van der Waals surface area (Å²) in [6.45, 7) is 4.71. The van der Waals surface area contributed by atoms with Gasteiger partial charge < -0.3 is 4.74 Å². The van der Waals surface area contributed by atoms with Gasteiger partial charge in [-0.05, 0) is 30.8 Å². The van der Waals surface area contributed by atoms with E-state index in [1.807, 2.05) is 0 Å². The normalized spacial score (nSPS) is 42.4. The van der Waals surface area contributed by atoms with Crippen molar-refractivity contribution in [3.63, 3.8) is 0 Å². The molecule has 0 aromatic carbocycles. The maximum atomic E-state index is 13.1. The van der Waals surface area contributed by atoms with Crippen LogP contribution in [-0.2, 0) is 4.74 Å². The maximum absolute atomic E-state index is 13.1. The van der Waals surface area contributed by atoms with Crippen LogP contribution in [0.4, 0.5) is 4.39 Å². The monoisotopic (exact) mass is 170 g/mol. The van der Waals surface area contributed by atoms with Gasteiger partial charge in [0, 0.05) is 13.0 Å². The minimum Gasteiger partial charge on any atom is -0.374 e. The Morgan fingerprint density at radius 1 is 1.50 bits per heavy atom. The molecule has 2 heteroatoms. The summed E-state index contributed by atoms with van der Waals surface area (Å²) in [4.78, 5) is 0. The predicted octanol–water partition coefficient (Wildman–Crippen LogP) is 2.47. The molecule has 0 bridgehead atoms. The molecule has 1 aliphatic carbocycles. The maximum Gasteiger partial charge on any atom is 0.104 e. The topological polar surface area (TPSA) is 9.23 Å². The van der Waals surface area contributed by atoms with Crippen molar-refractivity contribution in [3.05, 3.63) is 12.2 Å². The summed E-state index contributed by atoms with van der Waals surface area (Å²) in [7, 11) is 0. The van der Waals surface area contributed by atoms with Gasteiger partial charge in [0.15, 0.2) is 0 Å². The average molecular weight is 170 g/mol. The molecule has 3 atom stereocenters. The van der Waals surface area contributed by atoms with E-state index in [0.29, 0.717) is 18.8 Å². The number of hydrogen-bond donors (Lipinski definition) is 0. The second kappa shape index (κ2) is 3.17. The second-order valence-corrected chi connectivity index (χ2v) is 3.89. The lowest BCUT2D eigenvalue weighted by Crippen LogP contribution is -2.37. The SMILES string of the molecule is C=C1CC(F)CC2CCCOC12. The predicted molar refractivity (Wildman–Crippen MR) is 45.7 cm³/mol. The van der Waals surface area contributed by atoms with Crippen LogP contribution in [0.1, 0.15) is 25.7 Å². The molecule has 0 N–H and O–H groups in total. The summed E-state index contributed by atoms with van der Waals surface area (Å²) in [6, 6.07) is 0. The van der Waals surface area contributed by atoms with Crippen LogP contribution in [0.25, 0.3) is 0 Å². The first-order valence-corrected chi connectivity index (χ1v) is 4.70. The fourth-order valence-corrected chi connectivity index (χ4v) is 2.35. The van der Waals surface area contributed by atoms with E-state index in [1.165, 1.54) is 0 Å². The molecule has 0 aromatic rings. The van der Waals surface area contributed by atoms with Crippen LogP contribution >= 0.6 is 0 Å². The van der Waals surface area contributed by atoms with Crippen LogP contribution in [0.5, 0.6) is 0 Å². The highest BCUT2D eigenvalue weighted by atomic mass is 19.1. The Kier molecular flexibility index (Phi) is 2.18. The van der Waals surface area contributed by atoms with Crippen molar-refractivity contribution in [1.82, 2.24) is 0 Å². The van der Waals surface area contributed by atoms with Crippen molar-refractivity contribution >= 4 is 0 Å². The van der Waals surface area contributed by atoms with Crippen molar-refractivity contribution in [3.8, 4) is 0 Å². The largest absolute Gasteiger partial charge is 0.374 e. The Morgan fingerprint density at radius 2 is 2.33 bits per heavy atom. The molecule has 68 valence electrons. The van der Waals surface area contributed by atoms with Gasteiger partial charge in [0.25, 0.3) is 0 Å². The van der Waals surface area contributed by atoms with E-state index in [1.54, 1.807) is 0 Å². The molecule has 1 saturated heterocycles. The Labute approximate surface area is 72.6 Å². The van der Waals surface area contributed by atoms with Crippen LogP contribution in [0, 0.1) is 5.92 Å². The lowest BCUT2D eigenvalue weighted by atomic mass is 9.79. The summed E-state index contributed by atoms with van der Waals surface area (Å²) < 4.78 is 18.7. The number of fused-ring (bicyclic) bond motifs is 1. The Hall–Kier alpha value is -0.370. The molecule has 2 fully saturated rings. The molecule has 2 rings (SSSR count). The molecule has 1 aliphatic heterocycles. The molecule has 0 spiro atoms. The van der Waals surface area contributed by atoms with Gasteiger partial charge in [-0.25, -0.2) is 4.39 Å². The highest BCUT2D eigenvalue weighted by Crippen LogP contribution is 2.37. The van der Waals surface area contributed by atoms with Crippen LogP contribution in [-0.4, -0.2) is 18.9 Å². The summed E-state index contributed by atoms with van der Waals surface area (Å²) >= 11 is 0. The zero-order chi connectivity index (χ0) is 8.55. The fourth-order valence-electron chi connectivity index (χ4n) is 2.35. The summed E-state index contributed by atoms with van der Waals surface area (Å²) in [5.41, 5.74) is 0.971. The van der Waals surface area contributed by atoms with Crippen LogP contribution in [0.15, 0.2) is 12.2 Å². The number of rotatable bonds is 0. The van der Waals surface area contributed by atoms with E-state index < -0.39 is 6.17 Å². The van der Waals surface area contributed by atoms with E-state index >= 15 is 0 Å². The average Bonchev–Trinajstić information content (AvgIpc) is 2.04. The van der Waals surface area contributed by atoms with Crippen molar-refractivity contribution in [1.29, 1.82) is 0 Å². The first-order valence-electron chi connectivity index (χ1n) is 4.70. The summed E-state index contributed by atoms with van der Waals surface area (Å²) in [6.07, 6.45) is 2.90. The first-order chi connectivity index (χ1) is 5.77. The molecular formula is C10H15FO. The number of ether oxygens (including phenoxy) is 1. The second-order valence-electron chi connectivity index (χ2n) is 3.89. The van der Waals surface area contributed by atoms with Gasteiger partial charge >= 0.3 is 0 Å². The quantitative estimate of drug-likeness (QED) is 0.507. The first kappa shape index (κ1) is 8.24. The minimum absolute atomic E-state index is 0.172. The summed E-state index contributed by atoms with van der Waals surface area (Å²) in [5, 5.41) is 0. The van der Waals surface area contributed by atoms with Gasteiger partial charge in [0.05, 0.1) is 6.10 Å². The number of halogens is 1. The van der Waals surface area contributed by atoms with Crippen molar-refractivity contribution in [2.45, 2.75) is 38.0 Å². The standard InChI is InChI=1S/C10H15FO/c1-7-5-9(11)6-8-3-2-4-12-10(7)8/h8-10H,1-6H2. The van der Waals surface area contributed by atoms with E-state index in [9.17, 15) is 4.39 Å². The molecule has 3 unspecified atom stereocenters. The van der Waals surface area contributed by atoms with Gasteiger partial charge in [-0.15, -0.1) is 0 Å². The molecule has 12 heavy (non-hydrogen) atoms. The number of hydrogen-bond acceptors (Lipinski definition) is 1. The fraction of sp³-hybridized carbons (Fsp3) is 0.800. The number of alkyl halides is 1. The van der Waals surface area contributed by atoms with Crippen molar-refractivity contribution in [2.75, 3.05) is 6.61 Å². The minimum atomic E-state index is -0.666. The molecule has 2 aliphatic rings. The van der Waals surface area contributed by atoms with Crippen LogP contribution < -0.4 is 0 Å². The van der Waals surface area contributed by atoms with Gasteiger partial charge in [0.2, 0.25) is 0 Å². The van der Waals surface area contributed by atoms with Crippen LogP contribution in [0.2, 0.25) is 0 Å². The van der Waals surface area contributed by atoms with E-state index in [-0.39, 0.29) is 6.10 Å². The molecule has 0 radical (unpaired) electrons. The Bertz CT molecular complexity index is 190. The molecular weight excluding hydrogens is 155 g/mol. The lowest BCUT2D eigenvalue weighted by Gasteiger charge is -2.38. The zero-order valence-electron chi connectivity index (χ0n) is 7.26.